The zero-order valence-corrected chi connectivity index (χ0v) is 17.7. The van der Waals surface area contributed by atoms with Gasteiger partial charge in [-0.05, 0) is 37.1 Å². The Morgan fingerprint density at radius 3 is 2.87 bits per heavy atom. The van der Waals surface area contributed by atoms with Crippen LogP contribution in [0.2, 0.25) is 0 Å². The highest BCUT2D eigenvalue weighted by Gasteiger charge is 2.34. The van der Waals surface area contributed by atoms with Crippen molar-refractivity contribution in [3.05, 3.63) is 52.8 Å². The van der Waals surface area contributed by atoms with Crippen molar-refractivity contribution in [1.29, 1.82) is 0 Å². The van der Waals surface area contributed by atoms with E-state index in [9.17, 15) is 4.79 Å². The van der Waals surface area contributed by atoms with Gasteiger partial charge < -0.3 is 23.7 Å². The van der Waals surface area contributed by atoms with Gasteiger partial charge in [0.1, 0.15) is 18.2 Å². The number of nitrogens with zero attached hydrogens (tertiary/aromatic N) is 1. The Kier molecular flexibility index (Phi) is 5.29. The van der Waals surface area contributed by atoms with E-state index in [4.69, 9.17) is 23.7 Å². The van der Waals surface area contributed by atoms with Crippen LogP contribution in [0.5, 0.6) is 23.0 Å². The fourth-order valence-electron chi connectivity index (χ4n) is 4.36. The Morgan fingerprint density at radius 2 is 2.10 bits per heavy atom. The number of Topliss-reactive ketones (excluding diaryl/α,β-unsaturated/α-hetero) is 1. The van der Waals surface area contributed by atoms with Crippen LogP contribution in [0, 0.1) is 0 Å². The summed E-state index contributed by atoms with van der Waals surface area (Å²) in [6.45, 7) is 2.79. The fraction of sp³-hybridized carbons (Fsp3) is 0.375. The van der Waals surface area contributed by atoms with Gasteiger partial charge in [-0.25, -0.2) is 0 Å². The molecule has 1 unspecified atom stereocenters. The largest absolute Gasteiger partial charge is 0.493 e. The van der Waals surface area contributed by atoms with Crippen LogP contribution in [-0.2, 0) is 11.3 Å². The van der Waals surface area contributed by atoms with Crippen molar-refractivity contribution in [3.63, 3.8) is 0 Å². The van der Waals surface area contributed by atoms with Gasteiger partial charge in [0.05, 0.1) is 31.5 Å². The van der Waals surface area contributed by atoms with Gasteiger partial charge in [0.2, 0.25) is 5.78 Å². The van der Waals surface area contributed by atoms with Crippen molar-refractivity contribution in [2.75, 3.05) is 34.1 Å². The molecular weight excluding hydrogens is 398 g/mol. The molecule has 0 N–H and O–H groups in total. The summed E-state index contributed by atoms with van der Waals surface area (Å²) in [5.41, 5.74) is 2.16. The number of benzene rings is 2. The Hall–Kier alpha value is -3.03. The Morgan fingerprint density at radius 1 is 1.19 bits per heavy atom. The number of hydrogen-bond donors (Lipinski definition) is 0. The number of allylic oxidation sites excluding steroid dienone is 1. The summed E-state index contributed by atoms with van der Waals surface area (Å²) in [7, 11) is 3.15. The molecule has 0 radical (unpaired) electrons. The van der Waals surface area contributed by atoms with E-state index in [-0.39, 0.29) is 17.6 Å². The van der Waals surface area contributed by atoms with Crippen LogP contribution < -0.4 is 18.9 Å². The van der Waals surface area contributed by atoms with Gasteiger partial charge in [-0.1, -0.05) is 12.1 Å². The highest BCUT2D eigenvalue weighted by atomic mass is 16.5. The minimum Gasteiger partial charge on any atom is -0.493 e. The number of para-hydroxylation sites is 1. The Balaban J connectivity index is 1.44. The molecule has 31 heavy (non-hydrogen) atoms. The van der Waals surface area contributed by atoms with Crippen molar-refractivity contribution in [2.24, 2.45) is 0 Å². The predicted molar refractivity (Wildman–Crippen MR) is 114 cm³/mol. The molecule has 7 heteroatoms. The number of carbonyl (C=O) groups excluding carboxylic acids is 1. The van der Waals surface area contributed by atoms with Crippen molar-refractivity contribution < 1.29 is 28.5 Å². The number of rotatable bonds is 5. The molecule has 0 saturated carbocycles. The zero-order valence-electron chi connectivity index (χ0n) is 17.7. The smallest absolute Gasteiger partial charge is 0.231 e. The number of carbonyl (C=O) groups is 1. The number of ketones is 1. The third-order valence-corrected chi connectivity index (χ3v) is 5.89. The SMILES string of the molecule is COc1cccc(C=C2Oc3c(ccc4c3CN(CC3CCCO3)CO4)C2=O)c1OC. The average Bonchev–Trinajstić information content (AvgIpc) is 3.42. The van der Waals surface area contributed by atoms with Crippen LogP contribution >= 0.6 is 0 Å². The van der Waals surface area contributed by atoms with E-state index in [0.29, 0.717) is 41.7 Å². The first-order chi connectivity index (χ1) is 15.2. The van der Waals surface area contributed by atoms with Crippen LogP contribution in [-0.4, -0.2) is 50.9 Å². The van der Waals surface area contributed by atoms with E-state index in [0.717, 1.165) is 37.3 Å². The van der Waals surface area contributed by atoms with Crippen LogP contribution in [0.25, 0.3) is 6.08 Å². The molecule has 1 saturated heterocycles. The predicted octanol–water partition coefficient (Wildman–Crippen LogP) is 3.65. The van der Waals surface area contributed by atoms with Gasteiger partial charge in [-0.15, -0.1) is 0 Å². The molecule has 3 aliphatic rings. The molecule has 0 amide bonds. The second-order valence-electron chi connectivity index (χ2n) is 7.86. The molecule has 1 fully saturated rings. The van der Waals surface area contributed by atoms with Gasteiger partial charge in [0, 0.05) is 25.3 Å². The first-order valence-electron chi connectivity index (χ1n) is 10.5. The van der Waals surface area contributed by atoms with Crippen molar-refractivity contribution in [1.82, 2.24) is 4.90 Å². The zero-order chi connectivity index (χ0) is 21.4. The maximum atomic E-state index is 13.1. The topological polar surface area (TPSA) is 66.5 Å². The Labute approximate surface area is 181 Å². The van der Waals surface area contributed by atoms with Crippen molar-refractivity contribution in [3.8, 4) is 23.0 Å². The molecule has 7 nitrogen and oxygen atoms in total. The van der Waals surface area contributed by atoms with E-state index < -0.39 is 0 Å². The number of ether oxygens (including phenoxy) is 5. The lowest BCUT2D eigenvalue weighted by atomic mass is 10.0. The second-order valence-corrected chi connectivity index (χ2v) is 7.86. The van der Waals surface area contributed by atoms with Crippen LogP contribution in [0.1, 0.15) is 34.3 Å². The number of methoxy groups -OCH3 is 2. The Bertz CT molecular complexity index is 1040. The molecular formula is C24H25NO6. The standard InChI is InChI=1S/C24H25NO6/c1-27-20-7-3-5-15(23(20)28-2)11-21-22(26)17-8-9-19-18(24(17)31-21)13-25(14-30-19)12-16-6-4-10-29-16/h3,5,7-9,11,16H,4,6,10,12-14H2,1-2H3. The average molecular weight is 423 g/mol. The third kappa shape index (κ3) is 3.64. The summed E-state index contributed by atoms with van der Waals surface area (Å²) in [5, 5.41) is 0. The minimum atomic E-state index is -0.154. The maximum absolute atomic E-state index is 13.1. The summed E-state index contributed by atoms with van der Waals surface area (Å²) in [6, 6.07) is 9.14. The van der Waals surface area contributed by atoms with Crippen molar-refractivity contribution in [2.45, 2.75) is 25.5 Å². The molecule has 162 valence electrons. The van der Waals surface area contributed by atoms with E-state index in [2.05, 4.69) is 4.90 Å². The second kappa shape index (κ2) is 8.24. The van der Waals surface area contributed by atoms with Crippen LogP contribution in [0.3, 0.4) is 0 Å². The van der Waals surface area contributed by atoms with Gasteiger partial charge in [0.25, 0.3) is 0 Å². The lowest BCUT2D eigenvalue weighted by molar-refractivity contribution is 0.0274. The van der Waals surface area contributed by atoms with Gasteiger partial charge >= 0.3 is 0 Å². The van der Waals surface area contributed by atoms with Crippen molar-refractivity contribution >= 4 is 11.9 Å². The summed E-state index contributed by atoms with van der Waals surface area (Å²) < 4.78 is 28.6. The third-order valence-electron chi connectivity index (χ3n) is 5.89. The molecule has 3 heterocycles. The maximum Gasteiger partial charge on any atom is 0.231 e. The molecule has 0 aliphatic carbocycles. The normalized spacial score (nSPS) is 21.4. The van der Waals surface area contributed by atoms with E-state index >= 15 is 0 Å². The number of hydrogen-bond acceptors (Lipinski definition) is 7. The summed E-state index contributed by atoms with van der Waals surface area (Å²) >= 11 is 0. The highest BCUT2D eigenvalue weighted by Crippen LogP contribution is 2.43. The van der Waals surface area contributed by atoms with E-state index in [1.165, 1.54) is 0 Å². The fourth-order valence-corrected chi connectivity index (χ4v) is 4.36. The monoisotopic (exact) mass is 423 g/mol. The molecule has 2 aromatic carbocycles. The summed E-state index contributed by atoms with van der Waals surface area (Å²) in [5.74, 6) is 2.58. The molecule has 0 aromatic heterocycles. The highest BCUT2D eigenvalue weighted by molar-refractivity contribution is 6.15. The minimum absolute atomic E-state index is 0.154. The molecule has 0 bridgehead atoms. The van der Waals surface area contributed by atoms with Crippen LogP contribution in [0.15, 0.2) is 36.1 Å². The van der Waals surface area contributed by atoms with Gasteiger partial charge in [-0.3, -0.25) is 9.69 Å². The van der Waals surface area contributed by atoms with Crippen LogP contribution in [0.4, 0.5) is 0 Å². The van der Waals surface area contributed by atoms with Gasteiger partial charge in [-0.2, -0.15) is 0 Å². The molecule has 3 aliphatic heterocycles. The molecule has 0 spiro atoms. The summed E-state index contributed by atoms with van der Waals surface area (Å²) in [6.07, 6.45) is 4.11. The lowest BCUT2D eigenvalue weighted by Crippen LogP contribution is -2.37. The molecule has 5 rings (SSSR count). The summed E-state index contributed by atoms with van der Waals surface area (Å²) in [4.78, 5) is 15.3. The van der Waals surface area contributed by atoms with E-state index in [1.807, 2.05) is 24.3 Å². The first kappa shape index (κ1) is 19.9. The first-order valence-corrected chi connectivity index (χ1v) is 10.5. The van der Waals surface area contributed by atoms with E-state index in [1.54, 1.807) is 26.4 Å². The number of fused-ring (bicyclic) bond motifs is 3. The lowest BCUT2D eigenvalue weighted by Gasteiger charge is -2.31. The van der Waals surface area contributed by atoms with Gasteiger partial charge in [0.15, 0.2) is 17.3 Å². The quantitative estimate of drug-likeness (QED) is 0.680. The molecule has 2 aromatic rings. The molecule has 1 atom stereocenters.